The van der Waals surface area contributed by atoms with Crippen molar-refractivity contribution in [3.8, 4) is 0 Å². The molecule has 4 aromatic carbocycles. The Balaban J connectivity index is 1.14. The minimum Gasteiger partial charge on any atom is -0.334 e. The van der Waals surface area contributed by atoms with Gasteiger partial charge in [-0.25, -0.2) is 0 Å². The highest BCUT2D eigenvalue weighted by Gasteiger charge is 2.51. The second-order valence-corrected chi connectivity index (χ2v) is 26.5. The van der Waals surface area contributed by atoms with Gasteiger partial charge in [0.1, 0.15) is 5.00 Å². The van der Waals surface area contributed by atoms with E-state index in [1.807, 2.05) is 11.3 Å². The zero-order chi connectivity index (χ0) is 50.4. The fourth-order valence-corrected chi connectivity index (χ4v) is 14.3. The van der Waals surface area contributed by atoms with Crippen LogP contribution in [0.25, 0.3) is 17.2 Å². The van der Waals surface area contributed by atoms with Crippen LogP contribution in [0.1, 0.15) is 153 Å². The first-order valence-corrected chi connectivity index (χ1v) is 27.4. The topological polar surface area (TPSA) is 39.0 Å². The average Bonchev–Trinajstić information content (AvgIpc) is 3.93. The minimum atomic E-state index is -0.224. The Labute approximate surface area is 434 Å². The SMILES string of the molecule is CC(C)(C)C1=CC=C(N2c3cc4c(cc3C3=CC=CCC32C)N2C3=C(C=CCC3N(c3ccc(C(C)(C)C)cc3)c3c2sc(CN)c3/C=C2\CC(C)(C)c3ccccc32)N4c2ccc(C(C)(C)C)cc2)CC1. The summed E-state index contributed by atoms with van der Waals surface area (Å²) in [4.78, 5) is 11.9. The fraction of sp³-hybridized carbons (Fsp3) is 0.364. The molecule has 6 heteroatoms. The molecule has 0 amide bonds. The van der Waals surface area contributed by atoms with Crippen molar-refractivity contribution in [1.29, 1.82) is 0 Å². The number of rotatable bonds is 5. The lowest BCUT2D eigenvalue weighted by molar-refractivity contribution is 0.475. The molecule has 2 atom stereocenters. The van der Waals surface area contributed by atoms with E-state index in [0.717, 1.165) is 32.1 Å². The molecule has 0 radical (unpaired) electrons. The van der Waals surface area contributed by atoms with Gasteiger partial charge < -0.3 is 20.4 Å². The summed E-state index contributed by atoms with van der Waals surface area (Å²) in [6, 6.07) is 33.1. The molecule has 0 fully saturated rings. The van der Waals surface area contributed by atoms with Crippen LogP contribution < -0.4 is 25.3 Å². The van der Waals surface area contributed by atoms with Crippen LogP contribution in [0.15, 0.2) is 150 Å². The van der Waals surface area contributed by atoms with Gasteiger partial charge in [0.05, 0.1) is 45.7 Å². The van der Waals surface area contributed by atoms with E-state index in [-0.39, 0.29) is 33.2 Å². The summed E-state index contributed by atoms with van der Waals surface area (Å²) in [6.07, 6.45) is 24.2. The first-order valence-electron chi connectivity index (χ1n) is 26.6. The minimum absolute atomic E-state index is 0.00945. The average molecular weight is 968 g/mol. The van der Waals surface area contributed by atoms with E-state index < -0.39 is 0 Å². The molecule has 0 bridgehead atoms. The molecular weight excluding hydrogens is 895 g/mol. The van der Waals surface area contributed by atoms with E-state index in [9.17, 15) is 0 Å². The van der Waals surface area contributed by atoms with E-state index in [4.69, 9.17) is 5.73 Å². The fourth-order valence-electron chi connectivity index (χ4n) is 13.1. The molecule has 0 saturated heterocycles. The highest BCUT2D eigenvalue weighted by atomic mass is 32.1. The van der Waals surface area contributed by atoms with Gasteiger partial charge >= 0.3 is 0 Å². The second kappa shape index (κ2) is 16.2. The molecule has 4 heterocycles. The van der Waals surface area contributed by atoms with E-state index in [1.165, 1.54) is 111 Å². The predicted octanol–water partition coefficient (Wildman–Crippen LogP) is 17.6. The summed E-state index contributed by atoms with van der Waals surface area (Å²) in [5.41, 5.74) is 30.7. The third-order valence-corrected chi connectivity index (χ3v) is 18.2. The summed E-state index contributed by atoms with van der Waals surface area (Å²) < 4.78 is 0. The van der Waals surface area contributed by atoms with Crippen LogP contribution in [0.4, 0.5) is 39.1 Å². The van der Waals surface area contributed by atoms with E-state index in [1.54, 1.807) is 0 Å². The van der Waals surface area contributed by atoms with Crippen LogP contribution >= 0.6 is 11.3 Å². The number of anilines is 7. The Morgan fingerprint density at radius 1 is 0.708 bits per heavy atom. The number of hydrogen-bond donors (Lipinski definition) is 1. The van der Waals surface area contributed by atoms with Crippen molar-refractivity contribution in [2.45, 2.75) is 150 Å². The van der Waals surface area contributed by atoms with Crippen molar-refractivity contribution in [3.63, 3.8) is 0 Å². The molecule has 12 rings (SSSR count). The van der Waals surface area contributed by atoms with Crippen LogP contribution in [0.2, 0.25) is 0 Å². The largest absolute Gasteiger partial charge is 0.334 e. The Morgan fingerprint density at radius 2 is 1.39 bits per heavy atom. The number of nitrogens with zero attached hydrogens (tertiary/aromatic N) is 4. The van der Waals surface area contributed by atoms with Gasteiger partial charge in [-0.1, -0.05) is 161 Å². The van der Waals surface area contributed by atoms with Gasteiger partial charge in [-0.2, -0.15) is 0 Å². The number of thiophene rings is 1. The number of benzene rings is 4. The quantitative estimate of drug-likeness (QED) is 0.190. The highest BCUT2D eigenvalue weighted by Crippen LogP contribution is 2.64. The molecule has 368 valence electrons. The molecular formula is C66H73N5S. The lowest BCUT2D eigenvalue weighted by atomic mass is 9.80. The number of allylic oxidation sites excluding steroid dienone is 8. The van der Waals surface area contributed by atoms with E-state index in [2.05, 4.69) is 236 Å². The molecule has 1 aromatic heterocycles. The van der Waals surface area contributed by atoms with Crippen LogP contribution in [0.3, 0.4) is 0 Å². The molecule has 0 spiro atoms. The van der Waals surface area contributed by atoms with Gasteiger partial charge in [0.25, 0.3) is 0 Å². The van der Waals surface area contributed by atoms with Gasteiger partial charge in [-0.15, -0.1) is 11.3 Å². The van der Waals surface area contributed by atoms with Crippen LogP contribution in [-0.2, 0) is 22.8 Å². The first kappa shape index (κ1) is 47.0. The third-order valence-electron chi connectivity index (χ3n) is 17.0. The summed E-state index contributed by atoms with van der Waals surface area (Å²) >= 11 is 1.89. The summed E-state index contributed by atoms with van der Waals surface area (Å²) in [5, 5.41) is 1.24. The van der Waals surface area contributed by atoms with Crippen molar-refractivity contribution in [2.24, 2.45) is 11.1 Å². The van der Waals surface area contributed by atoms with Gasteiger partial charge in [-0.3, -0.25) is 4.90 Å². The Hall–Kier alpha value is -6.08. The summed E-state index contributed by atoms with van der Waals surface area (Å²) in [7, 11) is 0. The lowest BCUT2D eigenvalue weighted by Gasteiger charge is -2.51. The van der Waals surface area contributed by atoms with Crippen molar-refractivity contribution in [2.75, 3.05) is 19.6 Å². The van der Waals surface area contributed by atoms with Crippen molar-refractivity contribution < 1.29 is 0 Å². The van der Waals surface area contributed by atoms with Crippen LogP contribution in [0.5, 0.6) is 0 Å². The molecule has 72 heavy (non-hydrogen) atoms. The van der Waals surface area contributed by atoms with E-state index >= 15 is 0 Å². The highest BCUT2D eigenvalue weighted by molar-refractivity contribution is 7.17. The maximum Gasteiger partial charge on any atom is 0.125 e. The first-order chi connectivity index (χ1) is 34.2. The predicted molar refractivity (Wildman–Crippen MR) is 309 cm³/mol. The zero-order valence-corrected chi connectivity index (χ0v) is 45.6. The molecule has 2 unspecified atom stereocenters. The normalized spacial score (nSPS) is 22.3. The third kappa shape index (κ3) is 7.17. The monoisotopic (exact) mass is 968 g/mol. The van der Waals surface area contributed by atoms with Crippen molar-refractivity contribution in [1.82, 2.24) is 0 Å². The smallest absolute Gasteiger partial charge is 0.125 e. The maximum atomic E-state index is 7.01. The lowest BCUT2D eigenvalue weighted by Crippen LogP contribution is -2.48. The van der Waals surface area contributed by atoms with Gasteiger partial charge in [0, 0.05) is 39.6 Å². The molecule has 5 aromatic rings. The molecule has 7 aliphatic rings. The molecule has 0 saturated carbocycles. The van der Waals surface area contributed by atoms with Crippen LogP contribution in [-0.4, -0.2) is 11.6 Å². The summed E-state index contributed by atoms with van der Waals surface area (Å²) in [6.45, 7) is 28.7. The second-order valence-electron chi connectivity index (χ2n) is 25.4. The molecule has 5 nitrogen and oxygen atoms in total. The zero-order valence-electron chi connectivity index (χ0n) is 44.8. The number of hydrogen-bond acceptors (Lipinski definition) is 6. The Kier molecular flexibility index (Phi) is 10.6. The molecule has 3 aliphatic heterocycles. The van der Waals surface area contributed by atoms with Crippen molar-refractivity contribution in [3.05, 3.63) is 188 Å². The summed E-state index contributed by atoms with van der Waals surface area (Å²) in [5.74, 6) is 0. The van der Waals surface area contributed by atoms with Gasteiger partial charge in [-0.05, 0) is 149 Å². The number of fused-ring (bicyclic) bond motifs is 8. The molecule has 2 N–H and O–H groups in total. The van der Waals surface area contributed by atoms with Gasteiger partial charge in [0.15, 0.2) is 0 Å². The van der Waals surface area contributed by atoms with Crippen LogP contribution in [0, 0.1) is 5.41 Å². The van der Waals surface area contributed by atoms with Gasteiger partial charge in [0.2, 0.25) is 0 Å². The van der Waals surface area contributed by atoms with E-state index in [0.29, 0.717) is 6.54 Å². The standard InChI is InChI=1S/C66H73N5S/c1-62(2,3)42-23-29-45(30-24-42)68-53-21-17-22-54-60(53)70(56-37-49-52-20-15-16-35-66(52,12)71(55(49)38-57(56)68)47-33-27-44(28-34-47)64(7,8)9)61-59(69(54)46-31-25-43(26-32-46)63(4,5)6)50(58(40-67)72-61)36-41-39-65(10,11)51-19-14-13-18-48(41)51/h13-21,23-27,29-33,36-38,54H,22,28,34-35,39-40,67H2,1-12H3/b41-36+. The van der Waals surface area contributed by atoms with Crippen molar-refractivity contribution >= 4 is 67.7 Å². The number of nitrogens with two attached hydrogens (primary N) is 1. The Morgan fingerprint density at radius 3 is 2.04 bits per heavy atom. The maximum absolute atomic E-state index is 7.01. The molecule has 4 aliphatic carbocycles. The Bertz CT molecular complexity index is 3300.